The monoisotopic (exact) mass is 281 g/mol. The van der Waals surface area contributed by atoms with Crippen LogP contribution < -0.4 is 10.6 Å². The number of likely N-dealkylation sites (tertiary alicyclic amines) is 1. The normalized spacial score (nSPS) is 31.4. The van der Waals surface area contributed by atoms with Gasteiger partial charge in [-0.2, -0.15) is 0 Å². The van der Waals surface area contributed by atoms with E-state index in [0.717, 1.165) is 19.6 Å². The van der Waals surface area contributed by atoms with Crippen molar-refractivity contribution in [3.8, 4) is 0 Å². The molecule has 5 nitrogen and oxygen atoms in total. The van der Waals surface area contributed by atoms with Crippen LogP contribution in [0.15, 0.2) is 0 Å². The van der Waals surface area contributed by atoms with Gasteiger partial charge in [0.05, 0.1) is 12.6 Å². The zero-order valence-corrected chi connectivity index (χ0v) is 13.0. The highest BCUT2D eigenvalue weighted by molar-refractivity contribution is 5.88. The minimum Gasteiger partial charge on any atom is -0.345 e. The lowest BCUT2D eigenvalue weighted by molar-refractivity contribution is -0.128. The van der Waals surface area contributed by atoms with Gasteiger partial charge in [0.1, 0.15) is 0 Å². The third-order valence-corrected chi connectivity index (χ3v) is 4.82. The van der Waals surface area contributed by atoms with E-state index in [1.807, 2.05) is 13.8 Å². The van der Waals surface area contributed by atoms with Crippen molar-refractivity contribution in [2.24, 2.45) is 17.8 Å². The van der Waals surface area contributed by atoms with E-state index in [1.54, 1.807) is 6.92 Å². The Kier molecular flexibility index (Phi) is 4.81. The Hall–Kier alpha value is -0.940. The van der Waals surface area contributed by atoms with Crippen molar-refractivity contribution in [2.75, 3.05) is 26.2 Å². The quantitative estimate of drug-likeness (QED) is 0.759. The van der Waals surface area contributed by atoms with Gasteiger partial charge < -0.3 is 10.6 Å². The van der Waals surface area contributed by atoms with Gasteiger partial charge in [0.25, 0.3) is 0 Å². The molecule has 2 saturated heterocycles. The second-order valence-electron chi connectivity index (χ2n) is 6.65. The lowest BCUT2D eigenvalue weighted by atomic mass is 9.95. The first-order valence-electron chi connectivity index (χ1n) is 7.64. The highest BCUT2D eigenvalue weighted by Gasteiger charge is 2.42. The molecule has 0 saturated carbocycles. The molecule has 0 bridgehead atoms. The summed E-state index contributed by atoms with van der Waals surface area (Å²) in [6.45, 7) is 11.2. The molecule has 2 N–H and O–H groups in total. The lowest BCUT2D eigenvalue weighted by Crippen LogP contribution is -2.48. The molecule has 2 aliphatic heterocycles. The van der Waals surface area contributed by atoms with E-state index in [1.165, 1.54) is 0 Å². The highest BCUT2D eigenvalue weighted by Crippen LogP contribution is 2.31. The van der Waals surface area contributed by atoms with E-state index in [-0.39, 0.29) is 23.7 Å². The van der Waals surface area contributed by atoms with E-state index in [4.69, 9.17) is 0 Å². The molecule has 2 aliphatic rings. The summed E-state index contributed by atoms with van der Waals surface area (Å²) in [5.41, 5.74) is 0. The topological polar surface area (TPSA) is 61.4 Å². The van der Waals surface area contributed by atoms with Gasteiger partial charge in [0, 0.05) is 12.6 Å². The van der Waals surface area contributed by atoms with Crippen LogP contribution in [0.3, 0.4) is 0 Å². The molecule has 0 spiro atoms. The van der Waals surface area contributed by atoms with Crippen LogP contribution in [0.5, 0.6) is 0 Å². The number of carbonyl (C=O) groups excluding carboxylic acids is 2. The Morgan fingerprint density at radius 2 is 2.05 bits per heavy atom. The SMILES string of the molecule is CC(=O)C(NC(=O)CN1CC2CNCC2C1C)C(C)C. The Bertz CT molecular complexity index is 383. The maximum Gasteiger partial charge on any atom is 0.234 e. The second-order valence-corrected chi connectivity index (χ2v) is 6.65. The number of nitrogens with zero attached hydrogens (tertiary/aromatic N) is 1. The van der Waals surface area contributed by atoms with Gasteiger partial charge in [0.15, 0.2) is 5.78 Å². The van der Waals surface area contributed by atoms with Crippen LogP contribution in [-0.4, -0.2) is 54.9 Å². The van der Waals surface area contributed by atoms with Crippen molar-refractivity contribution >= 4 is 11.7 Å². The first-order valence-corrected chi connectivity index (χ1v) is 7.64. The molecular weight excluding hydrogens is 254 g/mol. The number of nitrogens with one attached hydrogen (secondary N) is 2. The fraction of sp³-hybridized carbons (Fsp3) is 0.867. The average Bonchev–Trinajstić information content (AvgIpc) is 2.90. The summed E-state index contributed by atoms with van der Waals surface area (Å²) in [7, 11) is 0. The van der Waals surface area contributed by atoms with Gasteiger partial charge in [-0.3, -0.25) is 14.5 Å². The number of Topliss-reactive ketones (excluding diaryl/α,β-unsaturated/α-hetero) is 1. The maximum absolute atomic E-state index is 12.2. The molecule has 2 heterocycles. The number of hydrogen-bond donors (Lipinski definition) is 2. The summed E-state index contributed by atoms with van der Waals surface area (Å²) in [6, 6.07) is 0.0807. The predicted octanol–water partition coefficient (Wildman–Crippen LogP) is 0.256. The molecule has 0 aromatic carbocycles. The largest absolute Gasteiger partial charge is 0.345 e. The summed E-state index contributed by atoms with van der Waals surface area (Å²) in [4.78, 5) is 26.0. The zero-order chi connectivity index (χ0) is 14.9. The highest BCUT2D eigenvalue weighted by atomic mass is 16.2. The standard InChI is InChI=1S/C15H27N3O2/c1-9(2)15(11(4)19)17-14(20)8-18-7-12-5-16-6-13(12)10(18)3/h9-10,12-13,15-16H,5-8H2,1-4H3,(H,17,20). The molecule has 5 heteroatoms. The Labute approximate surface area is 121 Å². The van der Waals surface area contributed by atoms with Gasteiger partial charge in [0.2, 0.25) is 5.91 Å². The molecule has 114 valence electrons. The number of ketones is 1. The van der Waals surface area contributed by atoms with E-state index in [9.17, 15) is 9.59 Å². The minimum atomic E-state index is -0.360. The average molecular weight is 281 g/mol. The maximum atomic E-state index is 12.2. The van der Waals surface area contributed by atoms with Crippen molar-refractivity contribution in [1.82, 2.24) is 15.5 Å². The van der Waals surface area contributed by atoms with Gasteiger partial charge in [-0.1, -0.05) is 13.8 Å². The first kappa shape index (κ1) is 15.4. The van der Waals surface area contributed by atoms with E-state index < -0.39 is 0 Å². The summed E-state index contributed by atoms with van der Waals surface area (Å²) < 4.78 is 0. The molecule has 20 heavy (non-hydrogen) atoms. The summed E-state index contributed by atoms with van der Waals surface area (Å²) >= 11 is 0. The van der Waals surface area contributed by atoms with E-state index in [0.29, 0.717) is 24.4 Å². The number of carbonyl (C=O) groups is 2. The fourth-order valence-electron chi connectivity index (χ4n) is 3.61. The van der Waals surface area contributed by atoms with Gasteiger partial charge in [-0.15, -0.1) is 0 Å². The van der Waals surface area contributed by atoms with Crippen LogP contribution in [0.2, 0.25) is 0 Å². The third kappa shape index (κ3) is 3.20. The van der Waals surface area contributed by atoms with Gasteiger partial charge in [-0.05, 0) is 44.7 Å². The summed E-state index contributed by atoms with van der Waals surface area (Å²) in [6.07, 6.45) is 0. The molecular formula is C15H27N3O2. The summed E-state index contributed by atoms with van der Waals surface area (Å²) in [5.74, 6) is 1.47. The molecule has 0 radical (unpaired) electrons. The smallest absolute Gasteiger partial charge is 0.234 e. The van der Waals surface area contributed by atoms with Crippen LogP contribution in [0.1, 0.15) is 27.7 Å². The van der Waals surface area contributed by atoms with Crippen molar-refractivity contribution in [3.05, 3.63) is 0 Å². The first-order chi connectivity index (χ1) is 9.40. The number of rotatable bonds is 5. The molecule has 0 aliphatic carbocycles. The number of amides is 1. The van der Waals surface area contributed by atoms with Crippen LogP contribution in [0.25, 0.3) is 0 Å². The third-order valence-electron chi connectivity index (χ3n) is 4.82. The molecule has 4 atom stereocenters. The molecule has 2 rings (SSSR count). The summed E-state index contributed by atoms with van der Waals surface area (Å²) in [5, 5.41) is 6.30. The Balaban J connectivity index is 1.87. The van der Waals surface area contributed by atoms with Gasteiger partial charge in [-0.25, -0.2) is 0 Å². The van der Waals surface area contributed by atoms with Crippen LogP contribution >= 0.6 is 0 Å². The lowest BCUT2D eigenvalue weighted by Gasteiger charge is -2.25. The molecule has 2 fully saturated rings. The van der Waals surface area contributed by atoms with Crippen molar-refractivity contribution in [3.63, 3.8) is 0 Å². The molecule has 1 amide bonds. The van der Waals surface area contributed by atoms with Crippen LogP contribution in [-0.2, 0) is 9.59 Å². The zero-order valence-electron chi connectivity index (χ0n) is 13.0. The van der Waals surface area contributed by atoms with Crippen molar-refractivity contribution in [2.45, 2.75) is 39.8 Å². The minimum absolute atomic E-state index is 0.0290. The molecule has 0 aromatic rings. The van der Waals surface area contributed by atoms with E-state index >= 15 is 0 Å². The predicted molar refractivity (Wildman–Crippen MR) is 78.3 cm³/mol. The van der Waals surface area contributed by atoms with Crippen LogP contribution in [0, 0.1) is 17.8 Å². The molecule has 4 unspecified atom stereocenters. The second kappa shape index (κ2) is 6.22. The number of hydrogen-bond acceptors (Lipinski definition) is 4. The Morgan fingerprint density at radius 1 is 1.35 bits per heavy atom. The number of fused-ring (bicyclic) bond motifs is 1. The van der Waals surface area contributed by atoms with E-state index in [2.05, 4.69) is 22.5 Å². The van der Waals surface area contributed by atoms with Gasteiger partial charge >= 0.3 is 0 Å². The van der Waals surface area contributed by atoms with Crippen molar-refractivity contribution < 1.29 is 9.59 Å². The Morgan fingerprint density at radius 3 is 2.60 bits per heavy atom. The van der Waals surface area contributed by atoms with Crippen molar-refractivity contribution in [1.29, 1.82) is 0 Å². The fourth-order valence-corrected chi connectivity index (χ4v) is 3.61. The van der Waals surface area contributed by atoms with Crippen LogP contribution in [0.4, 0.5) is 0 Å². The molecule has 0 aromatic heterocycles.